The SMILES string of the molecule is O=C1/C(=C\c2cccc(Oc3ccc([N+](=O)[O-])cc3[N+](=O)[O-])c2)SC(=S)N1c1cccc(Cl)c1. The van der Waals surface area contributed by atoms with Gasteiger partial charge in [-0.3, -0.25) is 29.9 Å². The first kappa shape index (κ1) is 23.4. The number of thioether (sulfide) groups is 1. The highest BCUT2D eigenvalue weighted by Gasteiger charge is 2.33. The number of benzene rings is 3. The predicted molar refractivity (Wildman–Crippen MR) is 133 cm³/mol. The van der Waals surface area contributed by atoms with E-state index in [0.29, 0.717) is 25.5 Å². The van der Waals surface area contributed by atoms with E-state index in [0.717, 1.165) is 23.9 Å². The van der Waals surface area contributed by atoms with E-state index in [2.05, 4.69) is 0 Å². The zero-order valence-corrected chi connectivity index (χ0v) is 19.3. The summed E-state index contributed by atoms with van der Waals surface area (Å²) < 4.78 is 5.98. The quantitative estimate of drug-likeness (QED) is 0.162. The average Bonchev–Trinajstić information content (AvgIpc) is 3.06. The van der Waals surface area contributed by atoms with Crippen LogP contribution in [0.3, 0.4) is 0 Å². The van der Waals surface area contributed by atoms with Gasteiger partial charge in [-0.05, 0) is 48.0 Å². The minimum Gasteiger partial charge on any atom is -0.450 e. The molecule has 3 aromatic carbocycles. The number of halogens is 1. The number of thiocarbonyl (C=S) groups is 1. The molecule has 0 atom stereocenters. The fourth-order valence-corrected chi connectivity index (χ4v) is 4.58. The van der Waals surface area contributed by atoms with Crippen LogP contribution in [0.4, 0.5) is 17.1 Å². The molecule has 34 heavy (non-hydrogen) atoms. The third kappa shape index (κ3) is 4.91. The second-order valence-corrected chi connectivity index (χ2v) is 8.95. The molecule has 4 rings (SSSR count). The summed E-state index contributed by atoms with van der Waals surface area (Å²) >= 11 is 12.5. The second kappa shape index (κ2) is 9.59. The summed E-state index contributed by atoms with van der Waals surface area (Å²) in [6, 6.07) is 16.4. The van der Waals surface area contributed by atoms with Crippen molar-refractivity contribution in [3.8, 4) is 11.5 Å². The van der Waals surface area contributed by atoms with Crippen molar-refractivity contribution in [1.29, 1.82) is 0 Å². The monoisotopic (exact) mass is 513 g/mol. The number of ether oxygens (including phenoxy) is 1. The molecular formula is C22H12ClN3O6S2. The summed E-state index contributed by atoms with van der Waals surface area (Å²) in [6.45, 7) is 0. The van der Waals surface area contributed by atoms with Crippen molar-refractivity contribution in [2.24, 2.45) is 0 Å². The predicted octanol–water partition coefficient (Wildman–Crippen LogP) is 6.35. The third-order valence-electron chi connectivity index (χ3n) is 4.59. The van der Waals surface area contributed by atoms with Crippen molar-refractivity contribution in [3.63, 3.8) is 0 Å². The Morgan fingerprint density at radius 2 is 1.76 bits per heavy atom. The van der Waals surface area contributed by atoms with Gasteiger partial charge >= 0.3 is 5.69 Å². The summed E-state index contributed by atoms with van der Waals surface area (Å²) in [6.07, 6.45) is 1.63. The van der Waals surface area contributed by atoms with Crippen LogP contribution in [0.15, 0.2) is 71.6 Å². The first-order valence-electron chi connectivity index (χ1n) is 9.47. The van der Waals surface area contributed by atoms with Gasteiger partial charge in [0.2, 0.25) is 5.75 Å². The zero-order chi connectivity index (χ0) is 24.4. The molecule has 0 aromatic heterocycles. The van der Waals surface area contributed by atoms with E-state index in [4.69, 9.17) is 28.6 Å². The molecule has 0 radical (unpaired) electrons. The molecule has 0 aliphatic carbocycles. The van der Waals surface area contributed by atoms with Crippen LogP contribution in [0.1, 0.15) is 5.56 Å². The highest BCUT2D eigenvalue weighted by atomic mass is 35.5. The number of nitro benzene ring substituents is 2. The van der Waals surface area contributed by atoms with Gasteiger partial charge in [0.15, 0.2) is 4.32 Å². The molecule has 1 aliphatic rings. The Labute approximate surface area is 206 Å². The minimum atomic E-state index is -0.757. The van der Waals surface area contributed by atoms with Crippen molar-refractivity contribution in [3.05, 3.63) is 102 Å². The largest absolute Gasteiger partial charge is 0.450 e. The molecular weight excluding hydrogens is 502 g/mol. The fourth-order valence-electron chi connectivity index (χ4n) is 3.10. The summed E-state index contributed by atoms with van der Waals surface area (Å²) in [5.74, 6) is -0.217. The third-order valence-corrected chi connectivity index (χ3v) is 6.13. The van der Waals surface area contributed by atoms with Crippen LogP contribution < -0.4 is 9.64 Å². The minimum absolute atomic E-state index is 0.153. The molecule has 0 spiro atoms. The van der Waals surface area contributed by atoms with Gasteiger partial charge in [-0.1, -0.05) is 53.8 Å². The van der Waals surface area contributed by atoms with Crippen LogP contribution in [0.25, 0.3) is 6.08 Å². The summed E-state index contributed by atoms with van der Waals surface area (Å²) in [4.78, 5) is 35.5. The number of nitrogens with zero attached hydrogens (tertiary/aromatic N) is 3. The number of hydrogen-bond acceptors (Lipinski definition) is 8. The van der Waals surface area contributed by atoms with Crippen molar-refractivity contribution < 1.29 is 19.4 Å². The van der Waals surface area contributed by atoms with Crippen LogP contribution in [-0.2, 0) is 4.79 Å². The lowest BCUT2D eigenvalue weighted by Crippen LogP contribution is -2.27. The first-order valence-corrected chi connectivity index (χ1v) is 11.1. The zero-order valence-electron chi connectivity index (χ0n) is 16.9. The van der Waals surface area contributed by atoms with Gasteiger partial charge in [0.25, 0.3) is 11.6 Å². The summed E-state index contributed by atoms with van der Waals surface area (Å²) in [5, 5.41) is 22.7. The van der Waals surface area contributed by atoms with Gasteiger partial charge in [-0.2, -0.15) is 0 Å². The molecule has 1 heterocycles. The first-order chi connectivity index (χ1) is 16.2. The maximum Gasteiger partial charge on any atom is 0.318 e. The Morgan fingerprint density at radius 1 is 1.00 bits per heavy atom. The number of rotatable bonds is 6. The van der Waals surface area contributed by atoms with E-state index < -0.39 is 21.2 Å². The van der Waals surface area contributed by atoms with Crippen LogP contribution in [0, 0.1) is 20.2 Å². The molecule has 1 saturated heterocycles. The van der Waals surface area contributed by atoms with Crippen LogP contribution in [0.5, 0.6) is 11.5 Å². The number of amides is 1. The van der Waals surface area contributed by atoms with E-state index in [1.165, 1.54) is 11.0 Å². The van der Waals surface area contributed by atoms with Gasteiger partial charge in [-0.15, -0.1) is 0 Å². The van der Waals surface area contributed by atoms with E-state index in [-0.39, 0.29) is 17.4 Å². The number of nitro groups is 2. The highest BCUT2D eigenvalue weighted by molar-refractivity contribution is 8.27. The van der Waals surface area contributed by atoms with Gasteiger partial charge in [0, 0.05) is 11.1 Å². The number of anilines is 1. The molecule has 3 aromatic rings. The van der Waals surface area contributed by atoms with Crippen LogP contribution >= 0.6 is 35.6 Å². The molecule has 0 unspecified atom stereocenters. The van der Waals surface area contributed by atoms with E-state index in [1.54, 1.807) is 54.6 Å². The van der Waals surface area contributed by atoms with Gasteiger partial charge < -0.3 is 4.74 Å². The number of hydrogen-bond donors (Lipinski definition) is 0. The summed E-state index contributed by atoms with van der Waals surface area (Å²) in [7, 11) is 0. The molecule has 1 fully saturated rings. The maximum absolute atomic E-state index is 13.0. The molecule has 0 bridgehead atoms. The Balaban J connectivity index is 1.60. The highest BCUT2D eigenvalue weighted by Crippen LogP contribution is 2.38. The van der Waals surface area contributed by atoms with Crippen LogP contribution in [0.2, 0.25) is 5.02 Å². The molecule has 12 heteroatoms. The lowest BCUT2D eigenvalue weighted by molar-refractivity contribution is -0.394. The molecule has 1 aliphatic heterocycles. The Morgan fingerprint density at radius 3 is 2.47 bits per heavy atom. The Bertz CT molecular complexity index is 1390. The topological polar surface area (TPSA) is 116 Å². The van der Waals surface area contributed by atoms with Crippen molar-refractivity contribution >= 4 is 68.9 Å². The van der Waals surface area contributed by atoms with E-state index in [9.17, 15) is 25.0 Å². The molecule has 9 nitrogen and oxygen atoms in total. The molecule has 1 amide bonds. The number of carbonyl (C=O) groups is 1. The van der Waals surface area contributed by atoms with Crippen molar-refractivity contribution in [2.45, 2.75) is 0 Å². The van der Waals surface area contributed by atoms with E-state index >= 15 is 0 Å². The second-order valence-electron chi connectivity index (χ2n) is 6.84. The fraction of sp³-hybridized carbons (Fsp3) is 0. The van der Waals surface area contributed by atoms with Crippen LogP contribution in [-0.4, -0.2) is 20.1 Å². The Kier molecular flexibility index (Phi) is 6.59. The molecule has 0 saturated carbocycles. The van der Waals surface area contributed by atoms with Crippen molar-refractivity contribution in [1.82, 2.24) is 0 Å². The molecule has 170 valence electrons. The van der Waals surface area contributed by atoms with Crippen molar-refractivity contribution in [2.75, 3.05) is 4.90 Å². The van der Waals surface area contributed by atoms with Gasteiger partial charge in [0.1, 0.15) is 5.75 Å². The number of carbonyl (C=O) groups excluding carboxylic acids is 1. The Hall–Kier alpha value is -3.80. The molecule has 0 N–H and O–H groups in total. The summed E-state index contributed by atoms with van der Waals surface area (Å²) in [5.41, 5.74) is 0.186. The normalized spacial score (nSPS) is 14.5. The van der Waals surface area contributed by atoms with E-state index in [1.807, 2.05) is 0 Å². The standard InChI is InChI=1S/C22H12ClN3O6S2/c23-14-4-2-5-15(11-14)24-21(27)20(34-22(24)33)10-13-3-1-6-17(9-13)32-19-8-7-16(25(28)29)12-18(19)26(30)31/h1-12H/b20-10+. The maximum atomic E-state index is 13.0. The smallest absolute Gasteiger partial charge is 0.318 e. The lowest BCUT2D eigenvalue weighted by Gasteiger charge is -2.14. The van der Waals surface area contributed by atoms with Gasteiger partial charge in [0.05, 0.1) is 26.5 Å². The lowest BCUT2D eigenvalue weighted by atomic mass is 10.2. The average molecular weight is 514 g/mol. The van der Waals surface area contributed by atoms with Gasteiger partial charge in [-0.25, -0.2) is 0 Å². The number of non-ortho nitro benzene ring substituents is 1.